The van der Waals surface area contributed by atoms with Gasteiger partial charge in [0.25, 0.3) is 0 Å². The number of piperazine rings is 1. The minimum absolute atomic E-state index is 0.00659. The first-order valence-corrected chi connectivity index (χ1v) is 10.5. The number of nitrogens with zero attached hydrogens (tertiary/aromatic N) is 2. The SMILES string of the molecule is COc1cccc(N2CCN(C(=O)C3CC(c4ccc(OC)cc4OC)NN3)CC2)c1. The van der Waals surface area contributed by atoms with E-state index < -0.39 is 0 Å². The largest absolute Gasteiger partial charge is 0.497 e. The molecule has 1 amide bonds. The van der Waals surface area contributed by atoms with Crippen molar-refractivity contribution in [3.05, 3.63) is 48.0 Å². The Labute approximate surface area is 183 Å². The Balaban J connectivity index is 1.35. The molecule has 2 aliphatic heterocycles. The average molecular weight is 427 g/mol. The van der Waals surface area contributed by atoms with Crippen molar-refractivity contribution in [3.8, 4) is 17.2 Å². The second-order valence-corrected chi connectivity index (χ2v) is 7.75. The molecule has 2 aromatic rings. The number of benzene rings is 2. The van der Waals surface area contributed by atoms with E-state index in [9.17, 15) is 4.79 Å². The van der Waals surface area contributed by atoms with Gasteiger partial charge in [0.1, 0.15) is 23.3 Å². The number of hydrazine groups is 1. The van der Waals surface area contributed by atoms with Gasteiger partial charge in [-0.1, -0.05) is 12.1 Å². The molecule has 2 fully saturated rings. The summed E-state index contributed by atoms with van der Waals surface area (Å²) in [6.07, 6.45) is 0.664. The summed E-state index contributed by atoms with van der Waals surface area (Å²) in [5, 5.41) is 0. The van der Waals surface area contributed by atoms with Crippen molar-refractivity contribution in [2.75, 3.05) is 52.4 Å². The Morgan fingerprint density at radius 3 is 2.35 bits per heavy atom. The van der Waals surface area contributed by atoms with Crippen LogP contribution in [0.3, 0.4) is 0 Å². The first-order valence-electron chi connectivity index (χ1n) is 10.5. The molecule has 2 N–H and O–H groups in total. The Bertz CT molecular complexity index is 914. The molecule has 0 radical (unpaired) electrons. The van der Waals surface area contributed by atoms with E-state index in [1.54, 1.807) is 21.3 Å². The van der Waals surface area contributed by atoms with Gasteiger partial charge in [-0.05, 0) is 24.6 Å². The molecule has 0 aliphatic carbocycles. The van der Waals surface area contributed by atoms with E-state index in [0.717, 1.165) is 41.6 Å². The molecule has 166 valence electrons. The lowest BCUT2D eigenvalue weighted by atomic mass is 10.00. The fourth-order valence-corrected chi connectivity index (χ4v) is 4.24. The van der Waals surface area contributed by atoms with Crippen LogP contribution in [0.1, 0.15) is 18.0 Å². The van der Waals surface area contributed by atoms with E-state index in [2.05, 4.69) is 21.8 Å². The van der Waals surface area contributed by atoms with Gasteiger partial charge in [0.2, 0.25) is 5.91 Å². The molecule has 8 heteroatoms. The van der Waals surface area contributed by atoms with Crippen LogP contribution in [0, 0.1) is 0 Å². The minimum atomic E-state index is -0.264. The standard InChI is InChI=1S/C23H30N4O4/c1-29-17-6-4-5-16(13-17)26-9-11-27(12-10-26)23(28)21-15-20(24-25-21)19-8-7-18(30-2)14-22(19)31-3/h4-8,13-14,20-21,24-25H,9-12,15H2,1-3H3. The number of methoxy groups -OCH3 is 3. The number of ether oxygens (including phenoxy) is 3. The van der Waals surface area contributed by atoms with Crippen molar-refractivity contribution >= 4 is 11.6 Å². The van der Waals surface area contributed by atoms with Crippen LogP contribution >= 0.6 is 0 Å². The van der Waals surface area contributed by atoms with E-state index in [0.29, 0.717) is 19.5 Å². The number of nitrogens with one attached hydrogen (secondary N) is 2. The van der Waals surface area contributed by atoms with Crippen molar-refractivity contribution in [2.45, 2.75) is 18.5 Å². The highest BCUT2D eigenvalue weighted by Crippen LogP contribution is 2.33. The maximum absolute atomic E-state index is 13.1. The highest BCUT2D eigenvalue weighted by molar-refractivity contribution is 5.82. The van der Waals surface area contributed by atoms with Crippen LogP contribution in [-0.4, -0.2) is 64.4 Å². The van der Waals surface area contributed by atoms with E-state index in [4.69, 9.17) is 14.2 Å². The predicted molar refractivity (Wildman–Crippen MR) is 119 cm³/mol. The lowest BCUT2D eigenvalue weighted by Crippen LogP contribution is -2.53. The van der Waals surface area contributed by atoms with Crippen LogP contribution in [0.15, 0.2) is 42.5 Å². The quantitative estimate of drug-likeness (QED) is 0.732. The fraction of sp³-hybridized carbons (Fsp3) is 0.435. The predicted octanol–water partition coefficient (Wildman–Crippen LogP) is 1.97. The molecule has 0 spiro atoms. The van der Waals surface area contributed by atoms with Crippen molar-refractivity contribution in [2.24, 2.45) is 0 Å². The molecule has 2 atom stereocenters. The molecule has 2 heterocycles. The molecular formula is C23H30N4O4. The summed E-state index contributed by atoms with van der Waals surface area (Å²) < 4.78 is 16.1. The third-order valence-electron chi connectivity index (χ3n) is 6.03. The van der Waals surface area contributed by atoms with Gasteiger partial charge < -0.3 is 24.0 Å². The molecule has 8 nitrogen and oxygen atoms in total. The molecule has 0 bridgehead atoms. The minimum Gasteiger partial charge on any atom is -0.497 e. The number of amides is 1. The number of rotatable bonds is 6. The number of carbonyl (C=O) groups excluding carboxylic acids is 1. The summed E-state index contributed by atoms with van der Waals surface area (Å²) in [6, 6.07) is 13.5. The lowest BCUT2D eigenvalue weighted by molar-refractivity contribution is -0.133. The Morgan fingerprint density at radius 2 is 1.65 bits per heavy atom. The summed E-state index contributed by atoms with van der Waals surface area (Å²) in [4.78, 5) is 17.3. The zero-order valence-corrected chi connectivity index (χ0v) is 18.3. The summed E-state index contributed by atoms with van der Waals surface area (Å²) >= 11 is 0. The summed E-state index contributed by atoms with van der Waals surface area (Å²) in [5.74, 6) is 2.47. The molecule has 31 heavy (non-hydrogen) atoms. The maximum atomic E-state index is 13.1. The number of carbonyl (C=O) groups is 1. The third kappa shape index (κ3) is 4.55. The van der Waals surface area contributed by atoms with Crippen LogP contribution in [-0.2, 0) is 4.79 Å². The van der Waals surface area contributed by atoms with Gasteiger partial charge in [-0.3, -0.25) is 4.79 Å². The monoisotopic (exact) mass is 426 g/mol. The zero-order chi connectivity index (χ0) is 21.8. The molecule has 4 rings (SSSR count). The number of anilines is 1. The van der Waals surface area contributed by atoms with Gasteiger partial charge in [0.05, 0.1) is 27.4 Å². The first kappa shape index (κ1) is 21.3. The summed E-state index contributed by atoms with van der Waals surface area (Å²) in [6.45, 7) is 3.00. The van der Waals surface area contributed by atoms with Crippen LogP contribution < -0.4 is 30.0 Å². The van der Waals surface area contributed by atoms with Crippen molar-refractivity contribution in [3.63, 3.8) is 0 Å². The zero-order valence-electron chi connectivity index (χ0n) is 18.3. The lowest BCUT2D eigenvalue weighted by Gasteiger charge is -2.37. The van der Waals surface area contributed by atoms with E-state index in [1.807, 2.05) is 41.3 Å². The third-order valence-corrected chi connectivity index (χ3v) is 6.03. The highest BCUT2D eigenvalue weighted by Gasteiger charge is 2.35. The molecule has 2 saturated heterocycles. The van der Waals surface area contributed by atoms with Crippen molar-refractivity contribution < 1.29 is 19.0 Å². The van der Waals surface area contributed by atoms with Gasteiger partial charge in [0, 0.05) is 49.6 Å². The van der Waals surface area contributed by atoms with Gasteiger partial charge in [-0.2, -0.15) is 0 Å². The van der Waals surface area contributed by atoms with Crippen LogP contribution in [0.5, 0.6) is 17.2 Å². The topological polar surface area (TPSA) is 75.3 Å². The molecular weight excluding hydrogens is 396 g/mol. The second-order valence-electron chi connectivity index (χ2n) is 7.75. The van der Waals surface area contributed by atoms with E-state index in [-0.39, 0.29) is 18.0 Å². The van der Waals surface area contributed by atoms with Gasteiger partial charge in [-0.25, -0.2) is 10.9 Å². The van der Waals surface area contributed by atoms with Crippen molar-refractivity contribution in [1.29, 1.82) is 0 Å². The van der Waals surface area contributed by atoms with Crippen LogP contribution in [0.2, 0.25) is 0 Å². The molecule has 2 unspecified atom stereocenters. The fourth-order valence-electron chi connectivity index (χ4n) is 4.24. The molecule has 2 aromatic carbocycles. The number of hydrogen-bond acceptors (Lipinski definition) is 7. The summed E-state index contributed by atoms with van der Waals surface area (Å²) in [5.41, 5.74) is 8.57. The van der Waals surface area contributed by atoms with Crippen LogP contribution in [0.25, 0.3) is 0 Å². The van der Waals surface area contributed by atoms with E-state index in [1.165, 1.54) is 0 Å². The smallest absolute Gasteiger partial charge is 0.241 e. The molecule has 0 aromatic heterocycles. The normalized spacial score (nSPS) is 21.1. The van der Waals surface area contributed by atoms with Gasteiger partial charge in [0.15, 0.2) is 0 Å². The maximum Gasteiger partial charge on any atom is 0.241 e. The highest BCUT2D eigenvalue weighted by atomic mass is 16.5. The van der Waals surface area contributed by atoms with Crippen LogP contribution in [0.4, 0.5) is 5.69 Å². The number of hydrogen-bond donors (Lipinski definition) is 2. The first-order chi connectivity index (χ1) is 15.1. The van der Waals surface area contributed by atoms with Crippen molar-refractivity contribution in [1.82, 2.24) is 15.8 Å². The van der Waals surface area contributed by atoms with E-state index >= 15 is 0 Å². The Hall–Kier alpha value is -2.97. The van der Waals surface area contributed by atoms with Gasteiger partial charge in [-0.15, -0.1) is 0 Å². The molecule has 0 saturated carbocycles. The summed E-state index contributed by atoms with van der Waals surface area (Å²) in [7, 11) is 4.95. The Morgan fingerprint density at radius 1 is 0.903 bits per heavy atom. The average Bonchev–Trinajstić information content (AvgIpc) is 3.33. The second kappa shape index (κ2) is 9.45. The molecule has 2 aliphatic rings. The Kier molecular flexibility index (Phi) is 6.48. The van der Waals surface area contributed by atoms with Gasteiger partial charge >= 0.3 is 0 Å².